The van der Waals surface area contributed by atoms with Crippen LogP contribution in [0.5, 0.6) is 0 Å². The van der Waals surface area contributed by atoms with Crippen molar-refractivity contribution >= 4 is 18.3 Å². The Morgan fingerprint density at radius 3 is 2.26 bits per heavy atom. The van der Waals surface area contributed by atoms with Gasteiger partial charge in [-0.15, -0.1) is 12.4 Å². The fourth-order valence-electron chi connectivity index (χ4n) is 3.78. The average molecular weight is 405 g/mol. The largest absolute Gasteiger partial charge is 0.416 e. The van der Waals surface area contributed by atoms with Gasteiger partial charge in [-0.1, -0.05) is 19.1 Å². The molecule has 1 saturated carbocycles. The molecule has 1 aliphatic heterocycles. The van der Waals surface area contributed by atoms with Gasteiger partial charge < -0.3 is 10.2 Å². The lowest BCUT2D eigenvalue weighted by molar-refractivity contribution is -0.137. The normalized spacial score (nSPS) is 19.3. The molecule has 1 N–H and O–H groups in total. The Hall–Kier alpha value is -1.27. The van der Waals surface area contributed by atoms with E-state index in [2.05, 4.69) is 12.2 Å². The number of halogens is 4. The van der Waals surface area contributed by atoms with E-state index in [0.717, 1.165) is 56.5 Å². The molecule has 1 atom stereocenters. The molecule has 1 aromatic carbocycles. The molecule has 3 nitrogen and oxygen atoms in total. The number of nitrogens with zero attached hydrogens (tertiary/aromatic N) is 1. The quantitative estimate of drug-likeness (QED) is 0.748. The highest BCUT2D eigenvalue weighted by Crippen LogP contribution is 2.33. The number of benzene rings is 1. The van der Waals surface area contributed by atoms with Gasteiger partial charge in [-0.2, -0.15) is 13.2 Å². The maximum Gasteiger partial charge on any atom is 0.416 e. The number of nitrogens with one attached hydrogen (secondary N) is 1. The van der Waals surface area contributed by atoms with Crippen LogP contribution in [0.1, 0.15) is 50.2 Å². The Balaban J connectivity index is 0.00000261. The van der Waals surface area contributed by atoms with Crippen LogP contribution in [0.3, 0.4) is 0 Å². The van der Waals surface area contributed by atoms with Crippen molar-refractivity contribution in [3.05, 3.63) is 35.4 Å². The molecule has 1 unspecified atom stereocenters. The summed E-state index contributed by atoms with van der Waals surface area (Å²) in [7, 11) is 0. The van der Waals surface area contributed by atoms with Crippen molar-refractivity contribution < 1.29 is 18.0 Å². The van der Waals surface area contributed by atoms with Crippen molar-refractivity contribution in [1.82, 2.24) is 10.2 Å². The van der Waals surface area contributed by atoms with E-state index in [-0.39, 0.29) is 24.4 Å². The summed E-state index contributed by atoms with van der Waals surface area (Å²) >= 11 is 0. The van der Waals surface area contributed by atoms with E-state index in [0.29, 0.717) is 24.8 Å². The van der Waals surface area contributed by atoms with Crippen molar-refractivity contribution in [3.8, 4) is 0 Å². The average Bonchev–Trinajstić information content (AvgIpc) is 3.45. The van der Waals surface area contributed by atoms with Crippen LogP contribution in [-0.4, -0.2) is 29.9 Å². The molecule has 1 heterocycles. The zero-order valence-corrected chi connectivity index (χ0v) is 16.4. The Morgan fingerprint density at radius 2 is 1.74 bits per heavy atom. The first kappa shape index (κ1) is 22.0. The topological polar surface area (TPSA) is 32.3 Å². The minimum Gasteiger partial charge on any atom is -0.335 e. The molecule has 0 spiro atoms. The second kappa shape index (κ2) is 9.28. The van der Waals surface area contributed by atoms with Crippen LogP contribution in [0.4, 0.5) is 13.2 Å². The van der Waals surface area contributed by atoms with Gasteiger partial charge in [-0.25, -0.2) is 0 Å². The van der Waals surface area contributed by atoms with Crippen molar-refractivity contribution in [3.63, 3.8) is 0 Å². The fourth-order valence-corrected chi connectivity index (χ4v) is 3.78. The van der Waals surface area contributed by atoms with Gasteiger partial charge >= 0.3 is 6.18 Å². The Morgan fingerprint density at radius 1 is 1.15 bits per heavy atom. The molecule has 3 rings (SSSR count). The lowest BCUT2D eigenvalue weighted by Gasteiger charge is -2.30. The van der Waals surface area contributed by atoms with Gasteiger partial charge in [0.25, 0.3) is 0 Å². The summed E-state index contributed by atoms with van der Waals surface area (Å²) in [5.41, 5.74) is 0.109. The Labute approximate surface area is 165 Å². The first-order chi connectivity index (χ1) is 12.3. The van der Waals surface area contributed by atoms with Crippen LogP contribution in [0.25, 0.3) is 0 Å². The van der Waals surface area contributed by atoms with E-state index in [9.17, 15) is 18.0 Å². The molecule has 1 aliphatic carbocycles. The van der Waals surface area contributed by atoms with Gasteiger partial charge in [0.05, 0.1) is 5.56 Å². The molecule has 0 aromatic heterocycles. The molecular weight excluding hydrogens is 377 g/mol. The SMILES string of the molecule is CC(CC(=O)N(Cc1ccc(C(F)(F)F)cc1)C1CC1)C1CCNCC1.Cl. The monoisotopic (exact) mass is 404 g/mol. The smallest absolute Gasteiger partial charge is 0.335 e. The highest BCUT2D eigenvalue weighted by Gasteiger charge is 2.34. The minimum atomic E-state index is -4.32. The summed E-state index contributed by atoms with van der Waals surface area (Å²) in [4.78, 5) is 14.7. The van der Waals surface area contributed by atoms with Crippen LogP contribution in [0.15, 0.2) is 24.3 Å². The summed E-state index contributed by atoms with van der Waals surface area (Å²) in [6.45, 7) is 4.58. The van der Waals surface area contributed by atoms with Crippen molar-refractivity contribution in [2.75, 3.05) is 13.1 Å². The van der Waals surface area contributed by atoms with E-state index in [4.69, 9.17) is 0 Å². The molecule has 27 heavy (non-hydrogen) atoms. The van der Waals surface area contributed by atoms with Crippen LogP contribution < -0.4 is 5.32 Å². The predicted octanol–water partition coefficient (Wildman–Crippen LogP) is 4.64. The third kappa shape index (κ3) is 6.11. The molecule has 1 aromatic rings. The maximum atomic E-state index is 12.8. The summed E-state index contributed by atoms with van der Waals surface area (Å²) < 4.78 is 38.1. The van der Waals surface area contributed by atoms with E-state index in [1.807, 2.05) is 4.90 Å². The number of carbonyl (C=O) groups excluding carboxylic acids is 1. The van der Waals surface area contributed by atoms with Crippen LogP contribution in [0.2, 0.25) is 0 Å². The zero-order chi connectivity index (χ0) is 18.7. The molecule has 0 radical (unpaired) electrons. The first-order valence-corrected chi connectivity index (χ1v) is 9.51. The highest BCUT2D eigenvalue weighted by atomic mass is 35.5. The molecule has 1 saturated heterocycles. The first-order valence-electron chi connectivity index (χ1n) is 9.51. The second-order valence-corrected chi connectivity index (χ2v) is 7.72. The van der Waals surface area contributed by atoms with Crippen molar-refractivity contribution in [2.45, 2.75) is 57.8 Å². The van der Waals surface area contributed by atoms with Crippen molar-refractivity contribution in [1.29, 1.82) is 0 Å². The molecule has 152 valence electrons. The molecule has 2 aliphatic rings. The molecule has 7 heteroatoms. The summed E-state index contributed by atoms with van der Waals surface area (Å²) in [6, 6.07) is 5.43. The van der Waals surface area contributed by atoms with E-state index < -0.39 is 11.7 Å². The lowest BCUT2D eigenvalue weighted by atomic mass is 9.84. The number of hydrogen-bond acceptors (Lipinski definition) is 2. The molecule has 2 fully saturated rings. The molecular formula is C20H28ClF3N2O. The highest BCUT2D eigenvalue weighted by molar-refractivity contribution is 5.85. The number of piperidine rings is 1. The van der Waals surface area contributed by atoms with Gasteiger partial charge in [0.1, 0.15) is 0 Å². The third-order valence-corrected chi connectivity index (χ3v) is 5.63. The van der Waals surface area contributed by atoms with E-state index in [1.54, 1.807) is 0 Å². The third-order valence-electron chi connectivity index (χ3n) is 5.63. The lowest BCUT2D eigenvalue weighted by Crippen LogP contribution is -2.36. The molecule has 1 amide bonds. The predicted molar refractivity (Wildman–Crippen MR) is 102 cm³/mol. The fraction of sp³-hybridized carbons (Fsp3) is 0.650. The van der Waals surface area contributed by atoms with E-state index in [1.165, 1.54) is 12.1 Å². The summed E-state index contributed by atoms with van der Waals surface area (Å²) in [5.74, 6) is 1.06. The van der Waals surface area contributed by atoms with Gasteiger partial charge in [0.2, 0.25) is 5.91 Å². The molecule has 0 bridgehead atoms. The van der Waals surface area contributed by atoms with Crippen molar-refractivity contribution in [2.24, 2.45) is 11.8 Å². The second-order valence-electron chi connectivity index (χ2n) is 7.72. The zero-order valence-electron chi connectivity index (χ0n) is 15.6. The van der Waals surface area contributed by atoms with Gasteiger partial charge in [-0.05, 0) is 68.3 Å². The number of alkyl halides is 3. The standard InChI is InChI=1S/C20H27F3N2O.ClH/c1-14(16-8-10-24-11-9-16)12-19(26)25(18-6-7-18)13-15-2-4-17(5-3-15)20(21,22)23;/h2-5,14,16,18,24H,6-13H2,1H3;1H. The van der Waals surface area contributed by atoms with Gasteiger partial charge in [0.15, 0.2) is 0 Å². The summed E-state index contributed by atoms with van der Waals surface area (Å²) in [6.07, 6.45) is 0.409. The maximum absolute atomic E-state index is 12.8. The van der Waals surface area contributed by atoms with Crippen LogP contribution in [0, 0.1) is 11.8 Å². The summed E-state index contributed by atoms with van der Waals surface area (Å²) in [5, 5.41) is 3.35. The Kier molecular flexibility index (Phi) is 7.57. The number of amides is 1. The van der Waals surface area contributed by atoms with Gasteiger partial charge in [0, 0.05) is 19.0 Å². The van der Waals surface area contributed by atoms with Crippen LogP contribution in [-0.2, 0) is 17.5 Å². The van der Waals surface area contributed by atoms with Crippen LogP contribution >= 0.6 is 12.4 Å². The number of hydrogen-bond donors (Lipinski definition) is 1. The number of carbonyl (C=O) groups is 1. The number of rotatable bonds is 6. The van der Waals surface area contributed by atoms with Gasteiger partial charge in [-0.3, -0.25) is 4.79 Å². The van der Waals surface area contributed by atoms with E-state index >= 15 is 0 Å². The minimum absolute atomic E-state index is 0. The Bertz CT molecular complexity index is 611.